The number of nitrogens with one attached hydrogen (secondary N) is 1. The van der Waals surface area contributed by atoms with Crippen molar-refractivity contribution in [3.05, 3.63) is 35.9 Å². The molecule has 0 saturated carbocycles. The van der Waals surface area contributed by atoms with Gasteiger partial charge in [-0.25, -0.2) is 0 Å². The van der Waals surface area contributed by atoms with Crippen molar-refractivity contribution >= 4 is 5.91 Å². The highest BCUT2D eigenvalue weighted by molar-refractivity contribution is 5.75. The molecule has 0 atom stereocenters. The Kier molecular flexibility index (Phi) is 6.33. The lowest BCUT2D eigenvalue weighted by Gasteiger charge is -2.16. The van der Waals surface area contributed by atoms with E-state index in [0.29, 0.717) is 6.42 Å². The number of benzene rings is 1. The summed E-state index contributed by atoms with van der Waals surface area (Å²) in [6, 6.07) is 10.3. The molecule has 0 aliphatic heterocycles. The van der Waals surface area contributed by atoms with Gasteiger partial charge in [-0.2, -0.15) is 0 Å². The summed E-state index contributed by atoms with van der Waals surface area (Å²) in [6.07, 6.45) is 1.56. The second-order valence-corrected chi connectivity index (χ2v) is 4.32. The van der Waals surface area contributed by atoms with Crippen molar-refractivity contribution in [3.63, 3.8) is 0 Å². The summed E-state index contributed by atoms with van der Waals surface area (Å²) < 4.78 is 0. The van der Waals surface area contributed by atoms with Gasteiger partial charge in [-0.1, -0.05) is 37.3 Å². The van der Waals surface area contributed by atoms with Crippen molar-refractivity contribution in [3.8, 4) is 0 Å². The Labute approximate surface area is 104 Å². The molecule has 1 N–H and O–H groups in total. The number of rotatable bonds is 7. The van der Waals surface area contributed by atoms with Gasteiger partial charge in [0.15, 0.2) is 0 Å². The SMILES string of the molecule is CCCNC(=O)CCN(C)Cc1ccccc1. The first-order valence-corrected chi connectivity index (χ1v) is 6.21. The van der Waals surface area contributed by atoms with E-state index in [2.05, 4.69) is 29.3 Å². The Morgan fingerprint density at radius 1 is 1.29 bits per heavy atom. The van der Waals surface area contributed by atoms with Crippen LogP contribution in [0.2, 0.25) is 0 Å². The molecule has 1 amide bonds. The molecule has 0 heterocycles. The van der Waals surface area contributed by atoms with E-state index in [9.17, 15) is 4.79 Å². The third-order valence-corrected chi connectivity index (χ3v) is 2.59. The van der Waals surface area contributed by atoms with E-state index in [-0.39, 0.29) is 5.91 Å². The average Bonchev–Trinajstić information content (AvgIpc) is 2.35. The first kappa shape index (κ1) is 13.7. The molecule has 0 spiro atoms. The van der Waals surface area contributed by atoms with Crippen molar-refractivity contribution in [1.82, 2.24) is 10.2 Å². The fraction of sp³-hybridized carbons (Fsp3) is 0.500. The van der Waals surface area contributed by atoms with Gasteiger partial charge in [0.05, 0.1) is 0 Å². The van der Waals surface area contributed by atoms with Crippen molar-refractivity contribution in [2.75, 3.05) is 20.1 Å². The number of hydrogen-bond donors (Lipinski definition) is 1. The topological polar surface area (TPSA) is 32.3 Å². The fourth-order valence-electron chi connectivity index (χ4n) is 1.62. The number of hydrogen-bond acceptors (Lipinski definition) is 2. The molecular weight excluding hydrogens is 212 g/mol. The lowest BCUT2D eigenvalue weighted by Crippen LogP contribution is -2.29. The van der Waals surface area contributed by atoms with E-state index in [1.165, 1.54) is 5.56 Å². The zero-order valence-electron chi connectivity index (χ0n) is 10.8. The van der Waals surface area contributed by atoms with Gasteiger partial charge in [0.1, 0.15) is 0 Å². The van der Waals surface area contributed by atoms with E-state index in [1.807, 2.05) is 25.2 Å². The molecule has 0 bridgehead atoms. The Morgan fingerprint density at radius 2 is 2.00 bits per heavy atom. The molecule has 3 heteroatoms. The summed E-state index contributed by atoms with van der Waals surface area (Å²) in [6.45, 7) is 4.52. The average molecular weight is 234 g/mol. The maximum absolute atomic E-state index is 11.4. The van der Waals surface area contributed by atoms with Crippen LogP contribution in [0.25, 0.3) is 0 Å². The minimum Gasteiger partial charge on any atom is -0.356 e. The van der Waals surface area contributed by atoms with E-state index >= 15 is 0 Å². The Morgan fingerprint density at radius 3 is 2.65 bits per heavy atom. The quantitative estimate of drug-likeness (QED) is 0.783. The van der Waals surface area contributed by atoms with E-state index in [1.54, 1.807) is 0 Å². The highest BCUT2D eigenvalue weighted by Gasteiger charge is 2.04. The second-order valence-electron chi connectivity index (χ2n) is 4.32. The largest absolute Gasteiger partial charge is 0.356 e. The molecule has 1 rings (SSSR count). The van der Waals surface area contributed by atoms with Gasteiger partial charge in [-0.3, -0.25) is 4.79 Å². The van der Waals surface area contributed by atoms with Crippen LogP contribution < -0.4 is 5.32 Å². The predicted molar refractivity (Wildman–Crippen MR) is 70.7 cm³/mol. The van der Waals surface area contributed by atoms with Crippen LogP contribution >= 0.6 is 0 Å². The maximum atomic E-state index is 11.4. The van der Waals surface area contributed by atoms with Crippen LogP contribution in [-0.4, -0.2) is 30.9 Å². The maximum Gasteiger partial charge on any atom is 0.221 e. The molecular formula is C14H22N2O. The molecule has 0 radical (unpaired) electrons. The lowest BCUT2D eigenvalue weighted by atomic mass is 10.2. The van der Waals surface area contributed by atoms with Crippen molar-refractivity contribution < 1.29 is 4.79 Å². The van der Waals surface area contributed by atoms with Crippen molar-refractivity contribution in [1.29, 1.82) is 0 Å². The van der Waals surface area contributed by atoms with Crippen molar-refractivity contribution in [2.45, 2.75) is 26.3 Å². The molecule has 0 aliphatic rings. The van der Waals surface area contributed by atoms with Crippen LogP contribution in [-0.2, 0) is 11.3 Å². The summed E-state index contributed by atoms with van der Waals surface area (Å²) >= 11 is 0. The number of carbonyl (C=O) groups excluding carboxylic acids is 1. The standard InChI is InChI=1S/C14H22N2O/c1-3-10-15-14(17)9-11-16(2)12-13-7-5-4-6-8-13/h4-8H,3,9-12H2,1-2H3,(H,15,17). The normalized spacial score (nSPS) is 10.5. The molecule has 0 fully saturated rings. The first-order valence-electron chi connectivity index (χ1n) is 6.21. The Hall–Kier alpha value is -1.35. The minimum atomic E-state index is 0.145. The summed E-state index contributed by atoms with van der Waals surface area (Å²) in [5.74, 6) is 0.145. The predicted octanol–water partition coefficient (Wildman–Crippen LogP) is 2.03. The molecule has 0 unspecified atom stereocenters. The van der Waals surface area contributed by atoms with Gasteiger partial charge in [0.2, 0.25) is 5.91 Å². The lowest BCUT2D eigenvalue weighted by molar-refractivity contribution is -0.121. The van der Waals surface area contributed by atoms with Crippen LogP contribution in [0.1, 0.15) is 25.3 Å². The number of nitrogens with zero attached hydrogens (tertiary/aromatic N) is 1. The summed E-state index contributed by atoms with van der Waals surface area (Å²) in [7, 11) is 2.04. The zero-order valence-corrected chi connectivity index (χ0v) is 10.8. The molecule has 17 heavy (non-hydrogen) atoms. The summed E-state index contributed by atoms with van der Waals surface area (Å²) in [5.41, 5.74) is 1.28. The fourth-order valence-corrected chi connectivity index (χ4v) is 1.62. The molecule has 1 aromatic carbocycles. The minimum absolute atomic E-state index is 0.145. The van der Waals surface area contributed by atoms with Gasteiger partial charge in [0.25, 0.3) is 0 Å². The monoisotopic (exact) mass is 234 g/mol. The van der Waals surface area contributed by atoms with Crippen LogP contribution in [0.3, 0.4) is 0 Å². The number of carbonyl (C=O) groups is 1. The first-order chi connectivity index (χ1) is 8.22. The van der Waals surface area contributed by atoms with Crippen LogP contribution in [0.4, 0.5) is 0 Å². The van der Waals surface area contributed by atoms with Gasteiger partial charge >= 0.3 is 0 Å². The molecule has 1 aromatic rings. The van der Waals surface area contributed by atoms with Gasteiger partial charge in [0, 0.05) is 26.1 Å². The third-order valence-electron chi connectivity index (χ3n) is 2.59. The molecule has 94 valence electrons. The molecule has 0 saturated heterocycles. The summed E-state index contributed by atoms with van der Waals surface area (Å²) in [5, 5.41) is 2.89. The van der Waals surface area contributed by atoms with E-state index < -0.39 is 0 Å². The summed E-state index contributed by atoms with van der Waals surface area (Å²) in [4.78, 5) is 13.6. The molecule has 3 nitrogen and oxygen atoms in total. The Balaban J connectivity index is 2.21. The highest BCUT2D eigenvalue weighted by atomic mass is 16.1. The zero-order chi connectivity index (χ0) is 12.5. The van der Waals surface area contributed by atoms with Gasteiger partial charge in [-0.05, 0) is 19.0 Å². The Bertz CT molecular complexity index is 324. The molecule has 0 aliphatic carbocycles. The van der Waals surface area contributed by atoms with Crippen LogP contribution in [0.5, 0.6) is 0 Å². The van der Waals surface area contributed by atoms with E-state index in [0.717, 1.165) is 26.1 Å². The van der Waals surface area contributed by atoms with E-state index in [4.69, 9.17) is 0 Å². The number of amides is 1. The van der Waals surface area contributed by atoms with Gasteiger partial charge in [-0.15, -0.1) is 0 Å². The second kappa shape index (κ2) is 7.85. The van der Waals surface area contributed by atoms with Crippen molar-refractivity contribution in [2.24, 2.45) is 0 Å². The van der Waals surface area contributed by atoms with Crippen LogP contribution in [0.15, 0.2) is 30.3 Å². The molecule has 0 aromatic heterocycles. The smallest absolute Gasteiger partial charge is 0.221 e. The van der Waals surface area contributed by atoms with Crippen LogP contribution in [0, 0.1) is 0 Å². The highest BCUT2D eigenvalue weighted by Crippen LogP contribution is 2.02. The van der Waals surface area contributed by atoms with Gasteiger partial charge < -0.3 is 10.2 Å². The third kappa shape index (κ3) is 6.07.